The van der Waals surface area contributed by atoms with E-state index in [1.54, 1.807) is 18.2 Å². The van der Waals surface area contributed by atoms with Gasteiger partial charge in [-0.05, 0) is 44.0 Å². The second-order valence-electron chi connectivity index (χ2n) is 3.85. The highest BCUT2D eigenvalue weighted by atomic mass is 79.9. The molecule has 2 aromatic rings. The zero-order chi connectivity index (χ0) is 14.0. The van der Waals surface area contributed by atoms with Crippen LogP contribution in [-0.4, -0.2) is 5.11 Å². The van der Waals surface area contributed by atoms with Crippen LogP contribution < -0.4 is 5.32 Å². The van der Waals surface area contributed by atoms with Gasteiger partial charge in [-0.2, -0.15) is 0 Å². The minimum absolute atomic E-state index is 0.0941. The van der Waals surface area contributed by atoms with E-state index >= 15 is 0 Å². The molecule has 0 aliphatic heterocycles. The van der Waals surface area contributed by atoms with Gasteiger partial charge in [-0.25, -0.2) is 8.78 Å². The van der Waals surface area contributed by atoms with E-state index in [2.05, 4.69) is 37.2 Å². The van der Waals surface area contributed by atoms with Crippen LogP contribution in [0.15, 0.2) is 39.3 Å². The molecule has 0 aromatic heterocycles. The van der Waals surface area contributed by atoms with Crippen molar-refractivity contribution in [1.29, 1.82) is 0 Å². The molecule has 0 aliphatic carbocycles. The minimum atomic E-state index is -0.685. The number of benzene rings is 2. The van der Waals surface area contributed by atoms with Crippen molar-refractivity contribution in [3.8, 4) is 5.75 Å². The lowest BCUT2D eigenvalue weighted by atomic mass is 10.2. The molecule has 0 amide bonds. The van der Waals surface area contributed by atoms with Crippen LogP contribution in [0.25, 0.3) is 0 Å². The molecule has 2 nitrogen and oxygen atoms in total. The van der Waals surface area contributed by atoms with Crippen LogP contribution in [0.5, 0.6) is 5.75 Å². The van der Waals surface area contributed by atoms with E-state index in [1.165, 1.54) is 6.07 Å². The Morgan fingerprint density at radius 3 is 2.53 bits per heavy atom. The Labute approximate surface area is 125 Å². The number of anilines is 1. The van der Waals surface area contributed by atoms with Gasteiger partial charge < -0.3 is 10.4 Å². The number of hydrogen-bond acceptors (Lipinski definition) is 2. The summed E-state index contributed by atoms with van der Waals surface area (Å²) in [4.78, 5) is 0. The standard InChI is InChI=1S/C13H9Br2F2NO/c14-8-3-1-2-7(13(8)19)6-18-12-4-9(15)10(16)5-11(12)17/h1-5,18-19H,6H2. The number of nitrogens with one attached hydrogen (secondary N) is 1. The largest absolute Gasteiger partial charge is 0.506 e. The monoisotopic (exact) mass is 391 g/mol. The molecule has 0 saturated carbocycles. The predicted octanol–water partition coefficient (Wildman–Crippen LogP) is 4.81. The van der Waals surface area contributed by atoms with Crippen molar-refractivity contribution in [3.05, 3.63) is 56.5 Å². The predicted molar refractivity (Wildman–Crippen MR) is 77.2 cm³/mol. The molecule has 0 unspecified atom stereocenters. The van der Waals surface area contributed by atoms with E-state index in [4.69, 9.17) is 0 Å². The Morgan fingerprint density at radius 2 is 1.79 bits per heavy atom. The molecule has 2 N–H and O–H groups in total. The molecule has 100 valence electrons. The lowest BCUT2D eigenvalue weighted by Crippen LogP contribution is -2.02. The molecule has 0 fully saturated rings. The second kappa shape index (κ2) is 5.88. The third-order valence-corrected chi connectivity index (χ3v) is 3.80. The molecule has 0 spiro atoms. The van der Waals surface area contributed by atoms with Crippen molar-refractivity contribution >= 4 is 37.5 Å². The van der Waals surface area contributed by atoms with Crippen LogP contribution in [0, 0.1) is 11.6 Å². The van der Waals surface area contributed by atoms with Crippen molar-refractivity contribution < 1.29 is 13.9 Å². The molecule has 0 atom stereocenters. The zero-order valence-corrected chi connectivity index (χ0v) is 12.7. The van der Waals surface area contributed by atoms with Crippen LogP contribution >= 0.6 is 31.9 Å². The van der Waals surface area contributed by atoms with E-state index in [0.717, 1.165) is 6.07 Å². The molecular weight excluding hydrogens is 384 g/mol. The van der Waals surface area contributed by atoms with Gasteiger partial charge >= 0.3 is 0 Å². The Kier molecular flexibility index (Phi) is 4.42. The molecule has 6 heteroatoms. The van der Waals surface area contributed by atoms with Gasteiger partial charge in [0.2, 0.25) is 0 Å². The third kappa shape index (κ3) is 3.25. The Bertz CT molecular complexity index is 620. The molecule has 0 heterocycles. The molecular formula is C13H9Br2F2NO. The van der Waals surface area contributed by atoms with Gasteiger partial charge in [0.1, 0.15) is 17.4 Å². The number of para-hydroxylation sites is 1. The van der Waals surface area contributed by atoms with E-state index in [9.17, 15) is 13.9 Å². The normalized spacial score (nSPS) is 10.5. The van der Waals surface area contributed by atoms with Crippen LogP contribution in [0.1, 0.15) is 5.56 Å². The first-order chi connectivity index (χ1) is 8.99. The minimum Gasteiger partial charge on any atom is -0.506 e. The van der Waals surface area contributed by atoms with Crippen molar-refractivity contribution in [2.24, 2.45) is 0 Å². The Hall–Kier alpha value is -1.14. The number of rotatable bonds is 3. The van der Waals surface area contributed by atoms with Crippen LogP contribution in [0.2, 0.25) is 0 Å². The summed E-state index contributed by atoms with van der Waals surface area (Å²) in [6.07, 6.45) is 0. The Morgan fingerprint density at radius 1 is 1.05 bits per heavy atom. The maximum Gasteiger partial charge on any atom is 0.149 e. The fourth-order valence-corrected chi connectivity index (χ4v) is 2.30. The maximum atomic E-state index is 13.5. The van der Waals surface area contributed by atoms with Crippen LogP contribution in [0.3, 0.4) is 0 Å². The first kappa shape index (κ1) is 14.3. The molecule has 0 saturated heterocycles. The summed E-state index contributed by atoms with van der Waals surface area (Å²) in [5.74, 6) is -1.25. The third-order valence-electron chi connectivity index (χ3n) is 2.55. The van der Waals surface area contributed by atoms with Gasteiger partial charge in [0, 0.05) is 18.2 Å². The summed E-state index contributed by atoms with van der Waals surface area (Å²) in [6, 6.07) is 7.29. The highest BCUT2D eigenvalue weighted by Crippen LogP contribution is 2.29. The van der Waals surface area contributed by atoms with E-state index in [0.29, 0.717) is 10.0 Å². The molecule has 0 aliphatic rings. The quantitative estimate of drug-likeness (QED) is 0.735. The topological polar surface area (TPSA) is 32.3 Å². The molecule has 0 radical (unpaired) electrons. The van der Waals surface area contributed by atoms with Gasteiger partial charge in [-0.1, -0.05) is 12.1 Å². The Balaban J connectivity index is 2.19. The van der Waals surface area contributed by atoms with Crippen LogP contribution in [-0.2, 0) is 6.54 Å². The highest BCUT2D eigenvalue weighted by Gasteiger charge is 2.09. The lowest BCUT2D eigenvalue weighted by molar-refractivity contribution is 0.465. The summed E-state index contributed by atoms with van der Waals surface area (Å²) in [5, 5.41) is 12.6. The van der Waals surface area contributed by atoms with Gasteiger partial charge in [-0.15, -0.1) is 0 Å². The second-order valence-corrected chi connectivity index (χ2v) is 5.56. The number of hydrogen-bond donors (Lipinski definition) is 2. The fourth-order valence-electron chi connectivity index (χ4n) is 1.55. The van der Waals surface area contributed by atoms with Gasteiger partial charge in [0.15, 0.2) is 0 Å². The van der Waals surface area contributed by atoms with Crippen molar-refractivity contribution in [3.63, 3.8) is 0 Å². The number of aromatic hydroxyl groups is 1. The number of halogens is 4. The summed E-state index contributed by atoms with van der Waals surface area (Å²) in [5.41, 5.74) is 0.766. The lowest BCUT2D eigenvalue weighted by Gasteiger charge is -2.10. The van der Waals surface area contributed by atoms with E-state index < -0.39 is 11.6 Å². The van der Waals surface area contributed by atoms with Crippen molar-refractivity contribution in [1.82, 2.24) is 0 Å². The van der Waals surface area contributed by atoms with Gasteiger partial charge in [0.05, 0.1) is 14.6 Å². The summed E-state index contributed by atoms with van der Waals surface area (Å²) in [6.45, 7) is 0.222. The van der Waals surface area contributed by atoms with Gasteiger partial charge in [0.25, 0.3) is 0 Å². The van der Waals surface area contributed by atoms with Crippen LogP contribution in [0.4, 0.5) is 14.5 Å². The smallest absolute Gasteiger partial charge is 0.149 e. The SMILES string of the molecule is Oc1c(Br)cccc1CNc1cc(Br)c(F)cc1F. The van der Waals surface area contributed by atoms with E-state index in [1.807, 2.05) is 0 Å². The molecule has 2 aromatic carbocycles. The zero-order valence-electron chi connectivity index (χ0n) is 9.55. The van der Waals surface area contributed by atoms with E-state index in [-0.39, 0.29) is 22.5 Å². The highest BCUT2D eigenvalue weighted by molar-refractivity contribution is 9.10. The first-order valence-corrected chi connectivity index (χ1v) is 6.92. The molecule has 2 rings (SSSR count). The fraction of sp³-hybridized carbons (Fsp3) is 0.0769. The average Bonchev–Trinajstić information content (AvgIpc) is 2.37. The van der Waals surface area contributed by atoms with Gasteiger partial charge in [-0.3, -0.25) is 0 Å². The number of phenols is 1. The first-order valence-electron chi connectivity index (χ1n) is 5.34. The summed E-state index contributed by atoms with van der Waals surface area (Å²) in [7, 11) is 0. The van der Waals surface area contributed by atoms with Crippen molar-refractivity contribution in [2.45, 2.75) is 6.54 Å². The number of phenolic OH excluding ortho intramolecular Hbond substituents is 1. The molecule has 0 bridgehead atoms. The van der Waals surface area contributed by atoms with Crippen molar-refractivity contribution in [2.75, 3.05) is 5.32 Å². The average molecular weight is 393 g/mol. The molecule has 19 heavy (non-hydrogen) atoms. The maximum absolute atomic E-state index is 13.5. The summed E-state index contributed by atoms with van der Waals surface area (Å²) < 4.78 is 27.3. The summed E-state index contributed by atoms with van der Waals surface area (Å²) >= 11 is 6.19.